The lowest BCUT2D eigenvalue weighted by molar-refractivity contribution is -0.120. The van der Waals surface area contributed by atoms with Gasteiger partial charge in [-0.2, -0.15) is 0 Å². The second kappa shape index (κ2) is 5.87. The van der Waals surface area contributed by atoms with Crippen molar-refractivity contribution in [3.63, 3.8) is 0 Å². The molecular formula is C15H16N2O. The summed E-state index contributed by atoms with van der Waals surface area (Å²) in [6, 6.07) is 17.2. The van der Waals surface area contributed by atoms with E-state index in [1.165, 1.54) is 0 Å². The Balaban J connectivity index is 1.83. The van der Waals surface area contributed by atoms with Crippen LogP contribution in [0.3, 0.4) is 0 Å². The number of carbonyl (C=O) groups is 1. The van der Waals surface area contributed by atoms with Crippen LogP contribution in [0.15, 0.2) is 54.6 Å². The third-order valence-corrected chi connectivity index (χ3v) is 2.68. The molecule has 3 nitrogen and oxygen atoms in total. The molecule has 0 aliphatic heterocycles. The van der Waals surface area contributed by atoms with Crippen molar-refractivity contribution in [2.75, 3.05) is 5.73 Å². The van der Waals surface area contributed by atoms with E-state index in [0.29, 0.717) is 13.0 Å². The van der Waals surface area contributed by atoms with E-state index in [9.17, 15) is 4.79 Å². The first kappa shape index (κ1) is 12.2. The Hall–Kier alpha value is -2.29. The van der Waals surface area contributed by atoms with Crippen LogP contribution in [-0.2, 0) is 17.8 Å². The van der Waals surface area contributed by atoms with Gasteiger partial charge in [-0.1, -0.05) is 42.5 Å². The van der Waals surface area contributed by atoms with E-state index in [0.717, 1.165) is 16.8 Å². The summed E-state index contributed by atoms with van der Waals surface area (Å²) in [6.45, 7) is 0.534. The molecular weight excluding hydrogens is 224 g/mol. The van der Waals surface area contributed by atoms with E-state index in [1.54, 1.807) is 0 Å². The molecule has 0 saturated heterocycles. The largest absolute Gasteiger partial charge is 0.399 e. The van der Waals surface area contributed by atoms with Crippen molar-refractivity contribution in [2.45, 2.75) is 13.0 Å². The van der Waals surface area contributed by atoms with Crippen LogP contribution in [-0.4, -0.2) is 5.91 Å². The zero-order valence-electron chi connectivity index (χ0n) is 10.1. The van der Waals surface area contributed by atoms with Gasteiger partial charge in [0.2, 0.25) is 5.91 Å². The first-order valence-corrected chi connectivity index (χ1v) is 5.89. The Bertz CT molecular complexity index is 506. The van der Waals surface area contributed by atoms with Crippen LogP contribution in [0.5, 0.6) is 0 Å². The molecule has 0 radical (unpaired) electrons. The van der Waals surface area contributed by atoms with Crippen molar-refractivity contribution < 1.29 is 4.79 Å². The molecule has 3 N–H and O–H groups in total. The highest BCUT2D eigenvalue weighted by Gasteiger charge is 2.02. The van der Waals surface area contributed by atoms with E-state index in [2.05, 4.69) is 5.32 Å². The van der Waals surface area contributed by atoms with Gasteiger partial charge in [0, 0.05) is 12.2 Å². The molecule has 0 aliphatic carbocycles. The minimum Gasteiger partial charge on any atom is -0.399 e. The van der Waals surface area contributed by atoms with Crippen molar-refractivity contribution >= 4 is 11.6 Å². The molecule has 0 bridgehead atoms. The average molecular weight is 240 g/mol. The zero-order valence-corrected chi connectivity index (χ0v) is 10.1. The number of hydrogen-bond donors (Lipinski definition) is 2. The summed E-state index contributed by atoms with van der Waals surface area (Å²) < 4.78 is 0. The van der Waals surface area contributed by atoms with Gasteiger partial charge in [0.1, 0.15) is 0 Å². The number of rotatable bonds is 4. The first-order chi connectivity index (χ1) is 8.74. The molecule has 0 aliphatic rings. The van der Waals surface area contributed by atoms with E-state index in [-0.39, 0.29) is 5.91 Å². The molecule has 0 spiro atoms. The van der Waals surface area contributed by atoms with Gasteiger partial charge in [-0.15, -0.1) is 0 Å². The molecule has 3 heteroatoms. The van der Waals surface area contributed by atoms with Gasteiger partial charge in [0.05, 0.1) is 6.42 Å². The summed E-state index contributed by atoms with van der Waals surface area (Å²) in [4.78, 5) is 11.7. The Kier molecular flexibility index (Phi) is 3.97. The number of nitrogen functional groups attached to an aromatic ring is 1. The fraction of sp³-hybridized carbons (Fsp3) is 0.133. The lowest BCUT2D eigenvalue weighted by atomic mass is 10.1. The van der Waals surface area contributed by atoms with Gasteiger partial charge in [0.25, 0.3) is 0 Å². The normalized spacial score (nSPS) is 10.0. The number of hydrogen-bond acceptors (Lipinski definition) is 2. The minimum atomic E-state index is 0.0259. The minimum absolute atomic E-state index is 0.0259. The number of anilines is 1. The number of amides is 1. The molecule has 0 unspecified atom stereocenters. The predicted molar refractivity (Wildman–Crippen MR) is 72.8 cm³/mol. The van der Waals surface area contributed by atoms with E-state index >= 15 is 0 Å². The molecule has 2 rings (SSSR count). The average Bonchev–Trinajstić information content (AvgIpc) is 2.39. The van der Waals surface area contributed by atoms with Crippen LogP contribution >= 0.6 is 0 Å². The summed E-state index contributed by atoms with van der Waals surface area (Å²) in [5.41, 5.74) is 8.40. The standard InChI is InChI=1S/C15H16N2O/c16-14-8-6-13(7-9-14)11-17-15(18)10-12-4-2-1-3-5-12/h1-9H,10-11,16H2,(H,17,18). The van der Waals surface area contributed by atoms with Gasteiger partial charge in [-0.3, -0.25) is 4.79 Å². The van der Waals surface area contributed by atoms with Gasteiger partial charge in [0.15, 0.2) is 0 Å². The lowest BCUT2D eigenvalue weighted by Crippen LogP contribution is -2.24. The highest BCUT2D eigenvalue weighted by atomic mass is 16.1. The molecule has 1 amide bonds. The predicted octanol–water partition coefficient (Wildman–Crippen LogP) is 2.13. The zero-order chi connectivity index (χ0) is 12.8. The van der Waals surface area contributed by atoms with Gasteiger partial charge in [-0.25, -0.2) is 0 Å². The van der Waals surface area contributed by atoms with E-state index < -0.39 is 0 Å². The smallest absolute Gasteiger partial charge is 0.224 e. The van der Waals surface area contributed by atoms with Crippen molar-refractivity contribution in [1.82, 2.24) is 5.32 Å². The van der Waals surface area contributed by atoms with Crippen LogP contribution in [0.1, 0.15) is 11.1 Å². The van der Waals surface area contributed by atoms with Crippen molar-refractivity contribution in [1.29, 1.82) is 0 Å². The van der Waals surface area contributed by atoms with Gasteiger partial charge in [-0.05, 0) is 23.3 Å². The monoisotopic (exact) mass is 240 g/mol. The first-order valence-electron chi connectivity index (χ1n) is 5.89. The maximum absolute atomic E-state index is 11.7. The quantitative estimate of drug-likeness (QED) is 0.804. The fourth-order valence-electron chi connectivity index (χ4n) is 1.68. The highest BCUT2D eigenvalue weighted by molar-refractivity contribution is 5.78. The fourth-order valence-corrected chi connectivity index (χ4v) is 1.68. The third kappa shape index (κ3) is 3.63. The second-order valence-electron chi connectivity index (χ2n) is 4.18. The van der Waals surface area contributed by atoms with Crippen molar-refractivity contribution in [3.8, 4) is 0 Å². The molecule has 0 aromatic heterocycles. The maximum Gasteiger partial charge on any atom is 0.224 e. The SMILES string of the molecule is Nc1ccc(CNC(=O)Cc2ccccc2)cc1. The summed E-state index contributed by atoms with van der Waals surface area (Å²) in [5, 5.41) is 2.89. The topological polar surface area (TPSA) is 55.1 Å². The van der Waals surface area contributed by atoms with Crippen LogP contribution in [0, 0.1) is 0 Å². The number of nitrogens with one attached hydrogen (secondary N) is 1. The number of benzene rings is 2. The number of nitrogens with two attached hydrogens (primary N) is 1. The molecule has 0 fully saturated rings. The Labute approximate surface area is 107 Å². The number of carbonyl (C=O) groups excluding carboxylic acids is 1. The lowest BCUT2D eigenvalue weighted by Gasteiger charge is -2.05. The second-order valence-corrected chi connectivity index (χ2v) is 4.18. The van der Waals surface area contributed by atoms with Crippen LogP contribution in [0.25, 0.3) is 0 Å². The van der Waals surface area contributed by atoms with Crippen LogP contribution < -0.4 is 11.1 Å². The molecule has 2 aromatic rings. The summed E-state index contributed by atoms with van der Waals surface area (Å²) in [5.74, 6) is 0.0259. The van der Waals surface area contributed by atoms with Crippen molar-refractivity contribution in [3.05, 3.63) is 65.7 Å². The van der Waals surface area contributed by atoms with Gasteiger partial charge >= 0.3 is 0 Å². The summed E-state index contributed by atoms with van der Waals surface area (Å²) >= 11 is 0. The van der Waals surface area contributed by atoms with Crippen LogP contribution in [0.2, 0.25) is 0 Å². The Morgan fingerprint density at radius 3 is 2.28 bits per heavy atom. The molecule has 0 saturated carbocycles. The Morgan fingerprint density at radius 2 is 1.61 bits per heavy atom. The van der Waals surface area contributed by atoms with Crippen LogP contribution in [0.4, 0.5) is 5.69 Å². The maximum atomic E-state index is 11.7. The Morgan fingerprint density at radius 1 is 0.944 bits per heavy atom. The van der Waals surface area contributed by atoms with E-state index in [1.807, 2.05) is 54.6 Å². The molecule has 18 heavy (non-hydrogen) atoms. The molecule has 2 aromatic carbocycles. The summed E-state index contributed by atoms with van der Waals surface area (Å²) in [7, 11) is 0. The molecule has 0 atom stereocenters. The van der Waals surface area contributed by atoms with Crippen molar-refractivity contribution in [2.24, 2.45) is 0 Å². The highest BCUT2D eigenvalue weighted by Crippen LogP contribution is 2.05. The molecule has 0 heterocycles. The molecule has 92 valence electrons. The third-order valence-electron chi connectivity index (χ3n) is 2.68. The summed E-state index contributed by atoms with van der Waals surface area (Å²) in [6.07, 6.45) is 0.413. The van der Waals surface area contributed by atoms with E-state index in [4.69, 9.17) is 5.73 Å². The van der Waals surface area contributed by atoms with Gasteiger partial charge < -0.3 is 11.1 Å².